The molecule has 3 aromatic rings. The molecular weight excluding hydrogens is 562 g/mol. The van der Waals surface area contributed by atoms with Crippen LogP contribution in [0.5, 0.6) is 5.75 Å². The molecule has 1 heterocycles. The number of ketones is 1. The maximum absolute atomic E-state index is 14.0. The first-order chi connectivity index (χ1) is 20.2. The minimum atomic E-state index is -1.11. The first kappa shape index (κ1) is 28.3. The van der Waals surface area contributed by atoms with Gasteiger partial charge in [-0.25, -0.2) is 0 Å². The van der Waals surface area contributed by atoms with E-state index in [0.29, 0.717) is 5.70 Å². The SMILES string of the molecule is CCOc1ccc(N2C(N)=C(C#N)[C@@H](c3cc([N+](=O)[O-])ccc3Cl)C3=C2C[C@H](c2ccccc2)CC3=O)c([N+](=O)[O-])c1. The molecule has 0 bridgehead atoms. The third kappa shape index (κ3) is 4.93. The first-order valence-electron chi connectivity index (χ1n) is 13.0. The largest absolute Gasteiger partial charge is 0.494 e. The standard InChI is InChI=1S/C30H24ClN5O6/c1-2-42-20-9-11-24(25(15-20)36(40)41)34-26-12-18(17-6-4-3-5-7-17)13-27(37)29(26)28(22(16-32)30(34)33)21-14-19(35(38)39)8-10-23(21)31/h3-11,14-15,18,28H,2,12-13,33H2,1H3/t18-,28+/m0/s1. The van der Waals surface area contributed by atoms with E-state index in [2.05, 4.69) is 6.07 Å². The zero-order valence-corrected chi connectivity index (χ0v) is 23.1. The summed E-state index contributed by atoms with van der Waals surface area (Å²) in [4.78, 5) is 38.1. The number of nitriles is 1. The summed E-state index contributed by atoms with van der Waals surface area (Å²) >= 11 is 6.53. The van der Waals surface area contributed by atoms with Crippen LogP contribution in [0.3, 0.4) is 0 Å². The van der Waals surface area contributed by atoms with Crippen LogP contribution in [0.4, 0.5) is 17.1 Å². The fourth-order valence-electron chi connectivity index (χ4n) is 5.64. The Morgan fingerprint density at radius 3 is 2.45 bits per heavy atom. The van der Waals surface area contributed by atoms with E-state index >= 15 is 0 Å². The van der Waals surface area contributed by atoms with Gasteiger partial charge < -0.3 is 10.5 Å². The summed E-state index contributed by atoms with van der Waals surface area (Å²) < 4.78 is 5.47. The van der Waals surface area contributed by atoms with Gasteiger partial charge in [-0.3, -0.25) is 29.9 Å². The van der Waals surface area contributed by atoms with Crippen LogP contribution in [0.2, 0.25) is 5.02 Å². The predicted octanol–water partition coefficient (Wildman–Crippen LogP) is 6.25. The number of rotatable bonds is 7. The molecule has 2 aliphatic rings. The van der Waals surface area contributed by atoms with Crippen LogP contribution in [-0.4, -0.2) is 22.2 Å². The average molecular weight is 586 g/mol. The topological polar surface area (TPSA) is 166 Å². The fraction of sp³-hybridized carbons (Fsp3) is 0.200. The number of hydrogen-bond donors (Lipinski definition) is 1. The molecule has 11 nitrogen and oxygen atoms in total. The number of halogens is 1. The van der Waals surface area contributed by atoms with Crippen LogP contribution in [0.1, 0.15) is 42.7 Å². The van der Waals surface area contributed by atoms with Crippen molar-refractivity contribution in [2.45, 2.75) is 31.6 Å². The summed E-state index contributed by atoms with van der Waals surface area (Å²) in [5.41, 5.74) is 7.56. The minimum Gasteiger partial charge on any atom is -0.494 e. The van der Waals surface area contributed by atoms with Gasteiger partial charge in [-0.05, 0) is 48.6 Å². The number of allylic oxidation sites excluding steroid dienone is 3. The quantitative estimate of drug-likeness (QED) is 0.249. The number of non-ortho nitro benzene ring substituents is 1. The van der Waals surface area contributed by atoms with Crippen LogP contribution in [0.25, 0.3) is 0 Å². The molecular formula is C30H24ClN5O6. The lowest BCUT2D eigenvalue weighted by atomic mass is 9.71. The van der Waals surface area contributed by atoms with Crippen LogP contribution >= 0.6 is 11.6 Å². The van der Waals surface area contributed by atoms with Crippen molar-refractivity contribution < 1.29 is 19.4 Å². The van der Waals surface area contributed by atoms with Crippen molar-refractivity contribution >= 4 is 34.4 Å². The lowest BCUT2D eigenvalue weighted by molar-refractivity contribution is -0.384. The Kier molecular flexibility index (Phi) is 7.65. The second-order valence-corrected chi connectivity index (χ2v) is 10.2. The van der Waals surface area contributed by atoms with Crippen molar-refractivity contribution in [1.82, 2.24) is 0 Å². The Hall–Kier alpha value is -5.21. The van der Waals surface area contributed by atoms with Gasteiger partial charge in [0.15, 0.2) is 5.78 Å². The highest BCUT2D eigenvalue weighted by Crippen LogP contribution is 2.52. The molecule has 5 rings (SSSR count). The average Bonchev–Trinajstić information content (AvgIpc) is 2.97. The van der Waals surface area contributed by atoms with Crippen LogP contribution in [-0.2, 0) is 4.79 Å². The number of anilines is 1. The molecule has 3 aromatic carbocycles. The Morgan fingerprint density at radius 2 is 1.81 bits per heavy atom. The maximum atomic E-state index is 14.0. The Bertz CT molecular complexity index is 1730. The number of ether oxygens (including phenoxy) is 1. The van der Waals surface area contributed by atoms with Gasteiger partial charge in [-0.15, -0.1) is 0 Å². The van der Waals surface area contributed by atoms with Crippen molar-refractivity contribution in [2.24, 2.45) is 5.73 Å². The molecule has 12 heteroatoms. The summed E-state index contributed by atoms with van der Waals surface area (Å²) in [6.07, 6.45) is 0.335. The van der Waals surface area contributed by atoms with Gasteiger partial charge in [0.25, 0.3) is 11.4 Å². The van der Waals surface area contributed by atoms with Crippen LogP contribution < -0.4 is 15.4 Å². The van der Waals surface area contributed by atoms with Crippen molar-refractivity contribution in [3.05, 3.63) is 126 Å². The third-order valence-corrected chi connectivity index (χ3v) is 7.78. The van der Waals surface area contributed by atoms with Gasteiger partial charge in [-0.1, -0.05) is 41.9 Å². The summed E-state index contributed by atoms with van der Waals surface area (Å²) in [5.74, 6) is -1.60. The van der Waals surface area contributed by atoms with E-state index in [1.807, 2.05) is 30.3 Å². The molecule has 0 spiro atoms. The monoisotopic (exact) mass is 585 g/mol. The number of nitrogens with zero attached hydrogens (tertiary/aromatic N) is 4. The smallest absolute Gasteiger partial charge is 0.296 e. The number of Topliss-reactive ketones (excluding diaryl/α,β-unsaturated/α-hetero) is 1. The molecule has 0 amide bonds. The molecule has 1 aliphatic carbocycles. The summed E-state index contributed by atoms with van der Waals surface area (Å²) in [5, 5.41) is 34.3. The molecule has 0 radical (unpaired) electrons. The van der Waals surface area contributed by atoms with Crippen molar-refractivity contribution in [3.63, 3.8) is 0 Å². The molecule has 2 N–H and O–H groups in total. The molecule has 0 fully saturated rings. The Labute approximate surface area is 245 Å². The summed E-state index contributed by atoms with van der Waals surface area (Å²) in [6.45, 7) is 2.03. The number of nitrogens with two attached hydrogens (primary N) is 1. The van der Waals surface area contributed by atoms with E-state index in [4.69, 9.17) is 22.1 Å². The highest BCUT2D eigenvalue weighted by Gasteiger charge is 2.45. The zero-order valence-electron chi connectivity index (χ0n) is 22.3. The van der Waals surface area contributed by atoms with Crippen molar-refractivity contribution in [1.29, 1.82) is 5.26 Å². The second kappa shape index (κ2) is 11.3. The number of nitro groups is 2. The van der Waals surface area contributed by atoms with Gasteiger partial charge in [-0.2, -0.15) is 5.26 Å². The number of carbonyl (C=O) groups excluding carboxylic acids is 1. The molecule has 212 valence electrons. The normalized spacial score (nSPS) is 18.4. The van der Waals surface area contributed by atoms with Crippen molar-refractivity contribution in [3.8, 4) is 11.8 Å². The van der Waals surface area contributed by atoms with Crippen LogP contribution in [0, 0.1) is 31.6 Å². The number of carbonyl (C=O) groups is 1. The van der Waals surface area contributed by atoms with Crippen molar-refractivity contribution in [2.75, 3.05) is 11.5 Å². The minimum absolute atomic E-state index is 0.0475. The van der Waals surface area contributed by atoms with Gasteiger partial charge >= 0.3 is 0 Å². The molecule has 0 aromatic heterocycles. The Morgan fingerprint density at radius 1 is 1.07 bits per heavy atom. The highest BCUT2D eigenvalue weighted by atomic mass is 35.5. The first-order valence-corrected chi connectivity index (χ1v) is 13.4. The van der Waals surface area contributed by atoms with E-state index in [9.17, 15) is 30.3 Å². The third-order valence-electron chi connectivity index (χ3n) is 7.44. The van der Waals surface area contributed by atoms with Gasteiger partial charge in [0.05, 0.1) is 40.1 Å². The lowest BCUT2D eigenvalue weighted by Crippen LogP contribution is -2.40. The van der Waals surface area contributed by atoms with E-state index < -0.39 is 15.8 Å². The zero-order chi connectivity index (χ0) is 30.1. The van der Waals surface area contributed by atoms with Gasteiger partial charge in [0.2, 0.25) is 0 Å². The molecule has 0 unspecified atom stereocenters. The van der Waals surface area contributed by atoms with Gasteiger partial charge in [0, 0.05) is 34.8 Å². The van der Waals surface area contributed by atoms with E-state index in [0.717, 1.165) is 5.56 Å². The summed E-state index contributed by atoms with van der Waals surface area (Å²) in [7, 11) is 0. The molecule has 42 heavy (non-hydrogen) atoms. The summed E-state index contributed by atoms with van der Waals surface area (Å²) in [6, 6.07) is 19.5. The molecule has 0 saturated carbocycles. The van der Waals surface area contributed by atoms with E-state index in [1.165, 1.54) is 35.2 Å². The van der Waals surface area contributed by atoms with Crippen LogP contribution in [0.15, 0.2) is 89.4 Å². The molecule has 1 aliphatic heterocycles. The second-order valence-electron chi connectivity index (χ2n) is 9.78. The molecule has 0 saturated heterocycles. The molecule has 2 atom stereocenters. The van der Waals surface area contributed by atoms with E-state index in [1.54, 1.807) is 13.0 Å². The number of nitro benzene ring substituents is 2. The lowest BCUT2D eigenvalue weighted by Gasteiger charge is -2.41. The fourth-order valence-corrected chi connectivity index (χ4v) is 5.86. The number of hydrogen-bond acceptors (Lipinski definition) is 9. The van der Waals surface area contributed by atoms with E-state index in [-0.39, 0.29) is 81.5 Å². The number of benzene rings is 3. The highest BCUT2D eigenvalue weighted by molar-refractivity contribution is 6.31. The van der Waals surface area contributed by atoms with Gasteiger partial charge in [0.1, 0.15) is 17.3 Å². The Balaban J connectivity index is 1.80. The predicted molar refractivity (Wildman–Crippen MR) is 155 cm³/mol. The maximum Gasteiger partial charge on any atom is 0.296 e.